The summed E-state index contributed by atoms with van der Waals surface area (Å²) in [6.45, 7) is 0. The van der Waals surface area contributed by atoms with Gasteiger partial charge in [0.25, 0.3) is 0 Å². The van der Waals surface area contributed by atoms with Gasteiger partial charge in [-0.1, -0.05) is 15.9 Å². The van der Waals surface area contributed by atoms with Crippen LogP contribution >= 0.6 is 27.7 Å². The third kappa shape index (κ3) is 4.96. The molecule has 0 saturated heterocycles. The summed E-state index contributed by atoms with van der Waals surface area (Å²) in [5.41, 5.74) is 6.23. The van der Waals surface area contributed by atoms with Crippen molar-refractivity contribution >= 4 is 33.7 Å². The highest BCUT2D eigenvalue weighted by molar-refractivity contribution is 9.10. The summed E-state index contributed by atoms with van der Waals surface area (Å²) in [5.74, 6) is 0.605. The molecule has 0 aliphatic rings. The number of thioether (sulfide) groups is 1. The Morgan fingerprint density at radius 2 is 2.33 bits per heavy atom. The highest BCUT2D eigenvalue weighted by atomic mass is 79.9. The van der Waals surface area contributed by atoms with Crippen molar-refractivity contribution in [1.29, 1.82) is 0 Å². The molecule has 0 aromatic heterocycles. The minimum Gasteiger partial charge on any atom is -0.468 e. The maximum Gasteiger partial charge on any atom is 0.322 e. The van der Waals surface area contributed by atoms with Crippen LogP contribution in [0.3, 0.4) is 0 Å². The van der Waals surface area contributed by atoms with E-state index < -0.39 is 12.0 Å². The summed E-state index contributed by atoms with van der Waals surface area (Å²) >= 11 is 4.84. The Labute approximate surface area is 118 Å². The van der Waals surface area contributed by atoms with Crippen LogP contribution in [0.1, 0.15) is 12.0 Å². The third-order valence-corrected chi connectivity index (χ3v) is 3.88. The smallest absolute Gasteiger partial charge is 0.322 e. The van der Waals surface area contributed by atoms with Crippen LogP contribution in [0.2, 0.25) is 0 Å². The average molecular weight is 336 g/mol. The molecule has 0 saturated carbocycles. The largest absolute Gasteiger partial charge is 0.468 e. The quantitative estimate of drug-likeness (QED) is 0.641. The van der Waals surface area contributed by atoms with E-state index in [2.05, 4.69) is 20.7 Å². The second kappa shape index (κ2) is 7.76. The number of nitrogens with two attached hydrogens (primary N) is 1. The van der Waals surface area contributed by atoms with Gasteiger partial charge in [-0.3, -0.25) is 4.79 Å². The number of hydrogen-bond acceptors (Lipinski definition) is 4. The van der Waals surface area contributed by atoms with E-state index >= 15 is 0 Å². The monoisotopic (exact) mass is 335 g/mol. The van der Waals surface area contributed by atoms with Gasteiger partial charge in [0, 0.05) is 10.2 Å². The van der Waals surface area contributed by atoms with Crippen LogP contribution in [-0.2, 0) is 15.3 Å². The van der Waals surface area contributed by atoms with Crippen LogP contribution < -0.4 is 5.73 Å². The highest BCUT2D eigenvalue weighted by Crippen LogP contribution is 2.20. The number of hydrogen-bond donors (Lipinski definition) is 1. The Kier molecular flexibility index (Phi) is 6.67. The maximum absolute atomic E-state index is 13.4. The summed E-state index contributed by atoms with van der Waals surface area (Å²) in [4.78, 5) is 11.1. The van der Waals surface area contributed by atoms with E-state index in [1.807, 2.05) is 0 Å². The SMILES string of the molecule is COC(=O)C(N)CCSCc1cc(Br)ccc1F. The summed E-state index contributed by atoms with van der Waals surface area (Å²) in [7, 11) is 1.31. The van der Waals surface area contributed by atoms with Crippen LogP contribution in [0.15, 0.2) is 22.7 Å². The first-order chi connectivity index (χ1) is 8.54. The number of carbonyl (C=O) groups excluding carboxylic acids is 1. The standard InChI is InChI=1S/C12H15BrFNO2S/c1-17-12(16)11(15)4-5-18-7-8-6-9(13)2-3-10(8)14/h2-3,6,11H,4-5,7,15H2,1H3. The van der Waals surface area contributed by atoms with Crippen LogP contribution in [0.4, 0.5) is 4.39 Å². The molecule has 18 heavy (non-hydrogen) atoms. The zero-order valence-electron chi connectivity index (χ0n) is 9.99. The Balaban J connectivity index is 2.34. The number of esters is 1. The van der Waals surface area contributed by atoms with Crippen molar-refractivity contribution in [2.24, 2.45) is 5.73 Å². The van der Waals surface area contributed by atoms with Gasteiger partial charge in [0.1, 0.15) is 11.9 Å². The van der Waals surface area contributed by atoms with Gasteiger partial charge < -0.3 is 10.5 Å². The van der Waals surface area contributed by atoms with Gasteiger partial charge in [0.15, 0.2) is 0 Å². The second-order valence-corrected chi connectivity index (χ2v) is 5.73. The third-order valence-electron chi connectivity index (χ3n) is 2.34. The van der Waals surface area contributed by atoms with Crippen molar-refractivity contribution in [1.82, 2.24) is 0 Å². The molecular weight excluding hydrogens is 321 g/mol. The van der Waals surface area contributed by atoms with Crippen molar-refractivity contribution < 1.29 is 13.9 Å². The molecule has 1 rings (SSSR count). The molecule has 1 unspecified atom stereocenters. The highest BCUT2D eigenvalue weighted by Gasteiger charge is 2.13. The van der Waals surface area contributed by atoms with E-state index in [0.717, 1.165) is 4.47 Å². The minimum absolute atomic E-state index is 0.219. The number of halogens is 2. The van der Waals surface area contributed by atoms with Gasteiger partial charge in [-0.25, -0.2) is 4.39 Å². The molecule has 1 aromatic rings. The maximum atomic E-state index is 13.4. The fourth-order valence-corrected chi connectivity index (χ4v) is 2.73. The minimum atomic E-state index is -0.602. The Morgan fingerprint density at radius 1 is 1.61 bits per heavy atom. The van der Waals surface area contributed by atoms with Crippen LogP contribution in [0, 0.1) is 5.82 Å². The number of rotatable bonds is 6. The molecule has 0 amide bonds. The number of ether oxygens (including phenoxy) is 1. The normalized spacial score (nSPS) is 12.2. The van der Waals surface area contributed by atoms with Crippen molar-refractivity contribution in [3.05, 3.63) is 34.1 Å². The Morgan fingerprint density at radius 3 is 3.00 bits per heavy atom. The first-order valence-electron chi connectivity index (χ1n) is 5.39. The van der Waals surface area contributed by atoms with E-state index in [-0.39, 0.29) is 5.82 Å². The molecule has 2 N–H and O–H groups in total. The van der Waals surface area contributed by atoms with Gasteiger partial charge in [-0.15, -0.1) is 0 Å². The lowest BCUT2D eigenvalue weighted by atomic mass is 10.2. The zero-order valence-corrected chi connectivity index (χ0v) is 12.4. The lowest BCUT2D eigenvalue weighted by Gasteiger charge is -2.09. The van der Waals surface area contributed by atoms with Crippen molar-refractivity contribution in [3.63, 3.8) is 0 Å². The van der Waals surface area contributed by atoms with Crippen molar-refractivity contribution in [3.8, 4) is 0 Å². The van der Waals surface area contributed by atoms with Crippen molar-refractivity contribution in [2.75, 3.05) is 12.9 Å². The topological polar surface area (TPSA) is 52.3 Å². The molecule has 0 radical (unpaired) electrons. The molecule has 1 atom stereocenters. The number of carbonyl (C=O) groups is 1. The van der Waals surface area contributed by atoms with E-state index in [9.17, 15) is 9.18 Å². The summed E-state index contributed by atoms with van der Waals surface area (Å²) < 4.78 is 18.8. The molecule has 6 heteroatoms. The van der Waals surface area contributed by atoms with E-state index in [0.29, 0.717) is 23.5 Å². The molecule has 0 bridgehead atoms. The Hall–Kier alpha value is -0.590. The first-order valence-corrected chi connectivity index (χ1v) is 7.34. The number of benzene rings is 1. The van der Waals surface area contributed by atoms with Gasteiger partial charge >= 0.3 is 5.97 Å². The first kappa shape index (κ1) is 15.5. The summed E-state index contributed by atoms with van der Waals surface area (Å²) in [6.07, 6.45) is 0.521. The van der Waals surface area contributed by atoms with E-state index in [4.69, 9.17) is 5.73 Å². The summed E-state index contributed by atoms with van der Waals surface area (Å²) in [5, 5.41) is 0. The van der Waals surface area contributed by atoms with Gasteiger partial charge in [-0.2, -0.15) is 11.8 Å². The lowest BCUT2D eigenvalue weighted by Crippen LogP contribution is -2.31. The lowest BCUT2D eigenvalue weighted by molar-refractivity contribution is -0.142. The molecule has 3 nitrogen and oxygen atoms in total. The fourth-order valence-electron chi connectivity index (χ4n) is 1.32. The molecule has 1 aromatic carbocycles. The van der Waals surface area contributed by atoms with Crippen LogP contribution in [0.5, 0.6) is 0 Å². The van der Waals surface area contributed by atoms with Gasteiger partial charge in [0.05, 0.1) is 7.11 Å². The van der Waals surface area contributed by atoms with Gasteiger partial charge in [-0.05, 0) is 35.9 Å². The van der Waals surface area contributed by atoms with E-state index in [1.165, 1.54) is 24.9 Å². The number of methoxy groups -OCH3 is 1. The molecular formula is C12H15BrFNO2S. The van der Waals surface area contributed by atoms with Crippen LogP contribution in [-0.4, -0.2) is 24.9 Å². The average Bonchev–Trinajstić information content (AvgIpc) is 2.37. The predicted octanol–water partition coefficient (Wildman–Crippen LogP) is 2.71. The molecule has 100 valence electrons. The van der Waals surface area contributed by atoms with Gasteiger partial charge in [0.2, 0.25) is 0 Å². The predicted molar refractivity (Wildman–Crippen MR) is 74.9 cm³/mol. The van der Waals surface area contributed by atoms with E-state index in [1.54, 1.807) is 12.1 Å². The van der Waals surface area contributed by atoms with Crippen molar-refractivity contribution in [2.45, 2.75) is 18.2 Å². The second-order valence-electron chi connectivity index (χ2n) is 3.71. The molecule has 0 aliphatic carbocycles. The molecule has 0 fully saturated rings. The van der Waals surface area contributed by atoms with Crippen LogP contribution in [0.25, 0.3) is 0 Å². The zero-order chi connectivity index (χ0) is 13.5. The Bertz CT molecular complexity index is 417. The molecule has 0 heterocycles. The fraction of sp³-hybridized carbons (Fsp3) is 0.417. The molecule has 0 spiro atoms. The molecule has 0 aliphatic heterocycles. The summed E-state index contributed by atoms with van der Waals surface area (Å²) in [6, 6.07) is 4.24.